The first kappa shape index (κ1) is 15.4. The molecule has 0 saturated carbocycles. The number of aliphatic hydroxyl groups excluding tert-OH is 1. The summed E-state index contributed by atoms with van der Waals surface area (Å²) in [6, 6.07) is -0.146. The van der Waals surface area contributed by atoms with E-state index in [1.165, 1.54) is 0 Å². The molecule has 4 heteroatoms. The smallest absolute Gasteiger partial charge is 0.323 e. The van der Waals surface area contributed by atoms with Gasteiger partial charge < -0.3 is 10.2 Å². The summed E-state index contributed by atoms with van der Waals surface area (Å²) in [6.45, 7) is 7.73. The van der Waals surface area contributed by atoms with E-state index in [9.17, 15) is 15.0 Å². The van der Waals surface area contributed by atoms with E-state index in [2.05, 4.69) is 19.2 Å². The first-order chi connectivity index (χ1) is 7.35. The Bertz CT molecular complexity index is 218. The highest BCUT2D eigenvalue weighted by Gasteiger charge is 2.34. The van der Waals surface area contributed by atoms with Gasteiger partial charge in [-0.15, -0.1) is 0 Å². The first-order valence-corrected chi connectivity index (χ1v) is 5.97. The molecule has 0 spiro atoms. The normalized spacial score (nSPS) is 17.1. The molecular weight excluding hydrogens is 206 g/mol. The van der Waals surface area contributed by atoms with Crippen LogP contribution in [-0.4, -0.2) is 34.4 Å². The second kappa shape index (κ2) is 6.86. The molecule has 2 unspecified atom stereocenters. The number of carboxylic acids is 1. The highest BCUT2D eigenvalue weighted by Crippen LogP contribution is 2.16. The summed E-state index contributed by atoms with van der Waals surface area (Å²) in [5.74, 6) is -0.416. The van der Waals surface area contributed by atoms with Gasteiger partial charge in [0.2, 0.25) is 0 Å². The van der Waals surface area contributed by atoms with E-state index in [-0.39, 0.29) is 12.6 Å². The first-order valence-electron chi connectivity index (χ1n) is 5.97. The van der Waals surface area contributed by atoms with E-state index in [4.69, 9.17) is 0 Å². The Morgan fingerprint density at radius 3 is 2.31 bits per heavy atom. The van der Waals surface area contributed by atoms with Crippen LogP contribution in [0.4, 0.5) is 0 Å². The minimum Gasteiger partial charge on any atom is -0.480 e. The molecule has 2 atom stereocenters. The Balaban J connectivity index is 4.52. The van der Waals surface area contributed by atoms with Gasteiger partial charge in [-0.1, -0.05) is 27.2 Å². The molecular formula is C12H25NO3. The fraction of sp³-hybridized carbons (Fsp3) is 0.917. The van der Waals surface area contributed by atoms with Crippen molar-refractivity contribution in [1.82, 2.24) is 5.32 Å². The van der Waals surface area contributed by atoms with Crippen LogP contribution in [0.3, 0.4) is 0 Å². The quantitative estimate of drug-likeness (QED) is 0.594. The fourth-order valence-electron chi connectivity index (χ4n) is 1.94. The molecule has 0 bridgehead atoms. The highest BCUT2D eigenvalue weighted by atomic mass is 16.4. The number of carbonyl (C=O) groups is 1. The van der Waals surface area contributed by atoms with Crippen LogP contribution < -0.4 is 5.32 Å². The summed E-state index contributed by atoms with van der Waals surface area (Å²) in [7, 11) is 0. The van der Waals surface area contributed by atoms with E-state index in [0.717, 1.165) is 12.8 Å². The molecule has 0 aromatic rings. The van der Waals surface area contributed by atoms with Gasteiger partial charge in [0.15, 0.2) is 0 Å². The van der Waals surface area contributed by atoms with E-state index < -0.39 is 11.5 Å². The Hall–Kier alpha value is -0.610. The Morgan fingerprint density at radius 2 is 2.00 bits per heavy atom. The molecule has 96 valence electrons. The van der Waals surface area contributed by atoms with Gasteiger partial charge in [-0.3, -0.25) is 10.1 Å². The zero-order chi connectivity index (χ0) is 12.8. The van der Waals surface area contributed by atoms with Gasteiger partial charge in [0.05, 0.1) is 6.61 Å². The molecule has 3 N–H and O–H groups in total. The Labute approximate surface area is 98.1 Å². The lowest BCUT2D eigenvalue weighted by atomic mass is 9.93. The fourth-order valence-corrected chi connectivity index (χ4v) is 1.94. The molecule has 0 aromatic heterocycles. The van der Waals surface area contributed by atoms with Gasteiger partial charge in [-0.25, -0.2) is 0 Å². The van der Waals surface area contributed by atoms with Gasteiger partial charge in [0, 0.05) is 6.04 Å². The van der Waals surface area contributed by atoms with Gasteiger partial charge in [0.25, 0.3) is 0 Å². The second-order valence-corrected chi connectivity index (χ2v) is 5.04. The average molecular weight is 231 g/mol. The van der Waals surface area contributed by atoms with Crippen molar-refractivity contribution in [3.8, 4) is 0 Å². The van der Waals surface area contributed by atoms with Crippen molar-refractivity contribution < 1.29 is 15.0 Å². The number of hydrogen-bond acceptors (Lipinski definition) is 3. The predicted octanol–water partition coefficient (Wildman–Crippen LogP) is 1.63. The van der Waals surface area contributed by atoms with Crippen molar-refractivity contribution in [3.63, 3.8) is 0 Å². The molecule has 0 aliphatic carbocycles. The van der Waals surface area contributed by atoms with Crippen LogP contribution >= 0.6 is 0 Å². The number of hydrogen-bond donors (Lipinski definition) is 3. The number of carboxylic acid groups (broad SMARTS) is 1. The zero-order valence-corrected chi connectivity index (χ0v) is 10.8. The molecule has 4 nitrogen and oxygen atoms in total. The van der Waals surface area contributed by atoms with Crippen LogP contribution in [0.15, 0.2) is 0 Å². The van der Waals surface area contributed by atoms with Gasteiger partial charge in [0.1, 0.15) is 5.54 Å². The maximum Gasteiger partial charge on any atom is 0.323 e. The number of aliphatic carboxylic acids is 1. The Morgan fingerprint density at radius 1 is 1.44 bits per heavy atom. The largest absolute Gasteiger partial charge is 0.480 e. The van der Waals surface area contributed by atoms with Gasteiger partial charge in [-0.2, -0.15) is 0 Å². The second-order valence-electron chi connectivity index (χ2n) is 5.04. The van der Waals surface area contributed by atoms with Crippen LogP contribution in [0.5, 0.6) is 0 Å². The third-order valence-electron chi connectivity index (χ3n) is 2.72. The zero-order valence-electron chi connectivity index (χ0n) is 10.8. The van der Waals surface area contributed by atoms with E-state index in [1.807, 2.05) is 6.92 Å². The van der Waals surface area contributed by atoms with Crippen LogP contribution in [-0.2, 0) is 4.79 Å². The summed E-state index contributed by atoms with van der Waals surface area (Å²) in [5.41, 5.74) is -0.933. The molecule has 0 aliphatic heterocycles. The van der Waals surface area contributed by atoms with E-state index >= 15 is 0 Å². The topological polar surface area (TPSA) is 69.6 Å². The van der Waals surface area contributed by atoms with Crippen LogP contribution in [0.25, 0.3) is 0 Å². The number of nitrogens with one attached hydrogen (secondary N) is 1. The predicted molar refractivity (Wildman–Crippen MR) is 64.4 cm³/mol. The molecule has 0 radical (unpaired) electrons. The lowest BCUT2D eigenvalue weighted by molar-refractivity contribution is -0.145. The summed E-state index contributed by atoms with van der Waals surface area (Å²) in [5, 5.41) is 21.5. The van der Waals surface area contributed by atoms with Crippen molar-refractivity contribution in [3.05, 3.63) is 0 Å². The van der Waals surface area contributed by atoms with Crippen LogP contribution in [0, 0.1) is 5.92 Å². The molecule has 0 fully saturated rings. The van der Waals surface area contributed by atoms with E-state index in [0.29, 0.717) is 12.3 Å². The van der Waals surface area contributed by atoms with Crippen LogP contribution in [0.2, 0.25) is 0 Å². The van der Waals surface area contributed by atoms with E-state index in [1.54, 1.807) is 6.92 Å². The Kier molecular flexibility index (Phi) is 6.60. The molecule has 0 aromatic carbocycles. The summed E-state index contributed by atoms with van der Waals surface area (Å²) >= 11 is 0. The third-order valence-corrected chi connectivity index (χ3v) is 2.72. The minimum atomic E-state index is -0.933. The molecule has 0 rings (SSSR count). The van der Waals surface area contributed by atoms with Crippen LogP contribution in [0.1, 0.15) is 47.0 Å². The summed E-state index contributed by atoms with van der Waals surface area (Å²) in [6.07, 6.45) is 2.15. The lowest BCUT2D eigenvalue weighted by Crippen LogP contribution is -2.55. The summed E-state index contributed by atoms with van der Waals surface area (Å²) in [4.78, 5) is 11.2. The van der Waals surface area contributed by atoms with Crippen molar-refractivity contribution in [1.29, 1.82) is 0 Å². The molecule has 0 saturated heterocycles. The number of rotatable bonds is 8. The minimum absolute atomic E-state index is 0.0231. The van der Waals surface area contributed by atoms with Crippen molar-refractivity contribution in [2.45, 2.75) is 58.5 Å². The van der Waals surface area contributed by atoms with Gasteiger partial charge in [-0.05, 0) is 25.7 Å². The van der Waals surface area contributed by atoms with Gasteiger partial charge >= 0.3 is 5.97 Å². The third kappa shape index (κ3) is 4.94. The van der Waals surface area contributed by atoms with Crippen molar-refractivity contribution >= 4 is 5.97 Å². The molecule has 16 heavy (non-hydrogen) atoms. The van der Waals surface area contributed by atoms with Crippen molar-refractivity contribution in [2.75, 3.05) is 6.61 Å². The lowest BCUT2D eigenvalue weighted by Gasteiger charge is -2.31. The van der Waals surface area contributed by atoms with Crippen molar-refractivity contribution in [2.24, 2.45) is 5.92 Å². The highest BCUT2D eigenvalue weighted by molar-refractivity contribution is 5.78. The monoisotopic (exact) mass is 231 g/mol. The molecule has 0 aliphatic rings. The molecule has 0 amide bonds. The average Bonchev–Trinajstić information content (AvgIpc) is 2.16. The maximum absolute atomic E-state index is 11.2. The standard InChI is InChI=1S/C12H25NO3/c1-5-6-12(4,11(15)16)13-10(8-14)7-9(2)3/h9-10,13-14H,5-8H2,1-4H3,(H,15,16). The summed E-state index contributed by atoms with van der Waals surface area (Å²) < 4.78 is 0. The molecule has 0 heterocycles. The maximum atomic E-state index is 11.2. The SMILES string of the molecule is CCCC(C)(NC(CO)CC(C)C)C(=O)O. The number of aliphatic hydroxyl groups is 1.